The van der Waals surface area contributed by atoms with E-state index in [1.165, 1.54) is 0 Å². The van der Waals surface area contributed by atoms with Crippen molar-refractivity contribution in [1.82, 2.24) is 9.97 Å². The molecule has 84 valence electrons. The number of aliphatic hydroxyl groups is 1. The summed E-state index contributed by atoms with van der Waals surface area (Å²) >= 11 is 1.58. The molecule has 0 amide bonds. The summed E-state index contributed by atoms with van der Waals surface area (Å²) in [6.45, 7) is 2.32. The van der Waals surface area contributed by atoms with Gasteiger partial charge in [0.05, 0.1) is 11.8 Å². The molecule has 0 aliphatic carbocycles. The average Bonchev–Trinajstić information content (AvgIpc) is 2.81. The highest BCUT2D eigenvalue weighted by Gasteiger charge is 2.08. The lowest BCUT2D eigenvalue weighted by atomic mass is 10.2. The Labute approximate surface area is 98.0 Å². The molecule has 2 rings (SSSR count). The lowest BCUT2D eigenvalue weighted by Crippen LogP contribution is -2.13. The Hall–Kier alpha value is -1.46. The van der Waals surface area contributed by atoms with E-state index in [9.17, 15) is 5.11 Å². The van der Waals surface area contributed by atoms with Crippen LogP contribution in [0.2, 0.25) is 0 Å². The fraction of sp³-hybridized carbons (Fsp3) is 0.273. The van der Waals surface area contributed by atoms with Gasteiger partial charge in [-0.25, -0.2) is 4.98 Å². The van der Waals surface area contributed by atoms with E-state index in [2.05, 4.69) is 15.3 Å². The minimum absolute atomic E-state index is 0.441. The van der Waals surface area contributed by atoms with Crippen molar-refractivity contribution in [2.75, 3.05) is 11.9 Å². The molecule has 0 aliphatic rings. The number of aromatic nitrogens is 2. The molecule has 0 fully saturated rings. The molecular formula is C11H13N3OS. The van der Waals surface area contributed by atoms with Gasteiger partial charge in [0.2, 0.25) is 0 Å². The lowest BCUT2D eigenvalue weighted by Gasteiger charge is -2.11. The predicted octanol–water partition coefficient (Wildman–Crippen LogP) is 1.99. The van der Waals surface area contributed by atoms with E-state index in [1.807, 2.05) is 23.8 Å². The highest BCUT2D eigenvalue weighted by Crippen LogP contribution is 2.17. The molecule has 0 saturated heterocycles. The molecule has 1 unspecified atom stereocenters. The van der Waals surface area contributed by atoms with Crippen molar-refractivity contribution in [2.24, 2.45) is 0 Å². The fourth-order valence-electron chi connectivity index (χ4n) is 1.36. The van der Waals surface area contributed by atoms with Crippen LogP contribution >= 0.6 is 11.3 Å². The molecule has 2 aromatic rings. The molecule has 16 heavy (non-hydrogen) atoms. The maximum absolute atomic E-state index is 9.86. The van der Waals surface area contributed by atoms with Gasteiger partial charge >= 0.3 is 0 Å². The van der Waals surface area contributed by atoms with Crippen LogP contribution in [0.4, 0.5) is 5.82 Å². The summed E-state index contributed by atoms with van der Waals surface area (Å²) in [5.41, 5.74) is 1.76. The number of thiophene rings is 1. The van der Waals surface area contributed by atoms with Crippen LogP contribution in [0.15, 0.2) is 29.2 Å². The van der Waals surface area contributed by atoms with Crippen LogP contribution in [-0.4, -0.2) is 21.6 Å². The SMILES string of the molecule is Cc1nccnc1NCC(O)c1ccsc1. The molecular weight excluding hydrogens is 222 g/mol. The van der Waals surface area contributed by atoms with Crippen molar-refractivity contribution in [2.45, 2.75) is 13.0 Å². The number of hydrogen-bond acceptors (Lipinski definition) is 5. The van der Waals surface area contributed by atoms with E-state index in [0.717, 1.165) is 17.1 Å². The van der Waals surface area contributed by atoms with Gasteiger partial charge in [0.15, 0.2) is 0 Å². The average molecular weight is 235 g/mol. The second kappa shape index (κ2) is 5.05. The second-order valence-corrected chi connectivity index (χ2v) is 4.22. The van der Waals surface area contributed by atoms with Crippen LogP contribution in [0.5, 0.6) is 0 Å². The molecule has 0 aromatic carbocycles. The Morgan fingerprint density at radius 3 is 2.94 bits per heavy atom. The molecule has 0 aliphatic heterocycles. The summed E-state index contributed by atoms with van der Waals surface area (Å²) < 4.78 is 0. The summed E-state index contributed by atoms with van der Waals surface area (Å²) in [4.78, 5) is 8.26. The zero-order valence-corrected chi connectivity index (χ0v) is 9.74. The first-order chi connectivity index (χ1) is 7.77. The third-order valence-corrected chi connectivity index (χ3v) is 2.97. The smallest absolute Gasteiger partial charge is 0.147 e. The van der Waals surface area contributed by atoms with Crippen molar-refractivity contribution in [1.29, 1.82) is 0 Å². The van der Waals surface area contributed by atoms with Crippen LogP contribution in [0.25, 0.3) is 0 Å². The molecule has 0 radical (unpaired) electrons. The summed E-state index contributed by atoms with van der Waals surface area (Å²) in [5, 5.41) is 16.8. The summed E-state index contributed by atoms with van der Waals surface area (Å²) in [5.74, 6) is 0.719. The normalized spacial score (nSPS) is 12.4. The molecule has 0 bridgehead atoms. The maximum Gasteiger partial charge on any atom is 0.147 e. The van der Waals surface area contributed by atoms with Crippen molar-refractivity contribution >= 4 is 17.2 Å². The minimum atomic E-state index is -0.507. The number of anilines is 1. The van der Waals surface area contributed by atoms with Gasteiger partial charge in [-0.2, -0.15) is 11.3 Å². The molecule has 2 N–H and O–H groups in total. The zero-order chi connectivity index (χ0) is 11.4. The first-order valence-corrected chi connectivity index (χ1v) is 5.93. The van der Waals surface area contributed by atoms with Gasteiger partial charge in [-0.05, 0) is 29.3 Å². The van der Waals surface area contributed by atoms with Crippen LogP contribution in [0.3, 0.4) is 0 Å². The van der Waals surface area contributed by atoms with E-state index < -0.39 is 6.10 Å². The van der Waals surface area contributed by atoms with E-state index in [1.54, 1.807) is 23.7 Å². The Bertz CT molecular complexity index is 444. The van der Waals surface area contributed by atoms with Crippen molar-refractivity contribution in [3.8, 4) is 0 Å². The zero-order valence-electron chi connectivity index (χ0n) is 8.92. The highest BCUT2D eigenvalue weighted by molar-refractivity contribution is 7.07. The quantitative estimate of drug-likeness (QED) is 0.851. The van der Waals surface area contributed by atoms with Crippen LogP contribution in [0, 0.1) is 6.92 Å². The monoisotopic (exact) mass is 235 g/mol. The first-order valence-electron chi connectivity index (χ1n) is 4.99. The number of aryl methyl sites for hydroxylation is 1. The summed E-state index contributed by atoms with van der Waals surface area (Å²) in [7, 11) is 0. The summed E-state index contributed by atoms with van der Waals surface area (Å²) in [6.07, 6.45) is 2.77. The molecule has 1 atom stereocenters. The number of nitrogens with one attached hydrogen (secondary N) is 1. The third-order valence-electron chi connectivity index (χ3n) is 2.27. The molecule has 0 saturated carbocycles. The molecule has 4 nitrogen and oxygen atoms in total. The third kappa shape index (κ3) is 2.56. The molecule has 2 aromatic heterocycles. The standard InChI is InChI=1S/C11H13N3OS/c1-8-11(13-4-3-12-8)14-6-10(15)9-2-5-16-7-9/h2-5,7,10,15H,6H2,1H3,(H,13,14). The van der Waals surface area contributed by atoms with Crippen LogP contribution in [0.1, 0.15) is 17.4 Å². The van der Waals surface area contributed by atoms with Gasteiger partial charge in [0.1, 0.15) is 5.82 Å². The Morgan fingerprint density at radius 2 is 2.25 bits per heavy atom. The van der Waals surface area contributed by atoms with Crippen LogP contribution in [-0.2, 0) is 0 Å². The first kappa shape index (κ1) is 11.0. The fourth-order valence-corrected chi connectivity index (χ4v) is 2.06. The summed E-state index contributed by atoms with van der Waals surface area (Å²) in [6, 6.07) is 1.92. The Morgan fingerprint density at radius 1 is 1.44 bits per heavy atom. The van der Waals surface area contributed by atoms with E-state index in [-0.39, 0.29) is 0 Å². The Kier molecular flexibility index (Phi) is 3.48. The van der Waals surface area contributed by atoms with Gasteiger partial charge < -0.3 is 10.4 Å². The number of rotatable bonds is 4. The lowest BCUT2D eigenvalue weighted by molar-refractivity contribution is 0.192. The minimum Gasteiger partial charge on any atom is -0.387 e. The number of aliphatic hydroxyl groups excluding tert-OH is 1. The van der Waals surface area contributed by atoms with Crippen molar-refractivity contribution in [3.05, 3.63) is 40.5 Å². The second-order valence-electron chi connectivity index (χ2n) is 3.44. The van der Waals surface area contributed by atoms with E-state index >= 15 is 0 Å². The van der Waals surface area contributed by atoms with E-state index in [0.29, 0.717) is 6.54 Å². The topological polar surface area (TPSA) is 58.0 Å². The predicted molar refractivity (Wildman–Crippen MR) is 64.5 cm³/mol. The van der Waals surface area contributed by atoms with Crippen LogP contribution < -0.4 is 5.32 Å². The van der Waals surface area contributed by atoms with Gasteiger partial charge in [0.25, 0.3) is 0 Å². The van der Waals surface area contributed by atoms with Gasteiger partial charge in [0, 0.05) is 18.9 Å². The highest BCUT2D eigenvalue weighted by atomic mass is 32.1. The largest absolute Gasteiger partial charge is 0.387 e. The maximum atomic E-state index is 9.86. The van der Waals surface area contributed by atoms with Crippen molar-refractivity contribution < 1.29 is 5.11 Å². The van der Waals surface area contributed by atoms with Gasteiger partial charge in [-0.3, -0.25) is 4.98 Å². The van der Waals surface area contributed by atoms with E-state index in [4.69, 9.17) is 0 Å². The molecule has 5 heteroatoms. The van der Waals surface area contributed by atoms with Crippen molar-refractivity contribution in [3.63, 3.8) is 0 Å². The Balaban J connectivity index is 1.95. The number of nitrogens with zero attached hydrogens (tertiary/aromatic N) is 2. The molecule has 2 heterocycles. The number of hydrogen-bond donors (Lipinski definition) is 2. The molecule has 0 spiro atoms. The van der Waals surface area contributed by atoms with Gasteiger partial charge in [-0.15, -0.1) is 0 Å². The van der Waals surface area contributed by atoms with Gasteiger partial charge in [-0.1, -0.05) is 0 Å².